The van der Waals surface area contributed by atoms with Crippen LogP contribution in [-0.4, -0.2) is 21.5 Å². The minimum absolute atomic E-state index is 0.642. The maximum absolute atomic E-state index is 5.50. The van der Waals surface area contributed by atoms with Gasteiger partial charge < -0.3 is 5.73 Å². The van der Waals surface area contributed by atoms with Gasteiger partial charge in [0.05, 0.1) is 18.4 Å². The first-order valence-corrected chi connectivity index (χ1v) is 5.00. The van der Waals surface area contributed by atoms with Crippen molar-refractivity contribution in [3.05, 3.63) is 11.9 Å². The lowest BCUT2D eigenvalue weighted by molar-refractivity contribution is 0.539. The summed E-state index contributed by atoms with van der Waals surface area (Å²) in [5, 5.41) is 7.98. The second-order valence-electron chi connectivity index (χ2n) is 3.65. The Morgan fingerprint density at radius 2 is 2.23 bits per heavy atom. The molecule has 1 aromatic heterocycles. The molecule has 4 nitrogen and oxygen atoms in total. The summed E-state index contributed by atoms with van der Waals surface area (Å²) in [7, 11) is 0. The molecule has 0 bridgehead atoms. The molecular weight excluding hydrogens is 164 g/mol. The molecule has 72 valence electrons. The molecule has 0 atom stereocenters. The average molecular weight is 180 g/mol. The normalized spacial score (nSPS) is 18.2. The Labute approximate surface area is 78.1 Å². The van der Waals surface area contributed by atoms with Gasteiger partial charge in [-0.2, -0.15) is 0 Å². The van der Waals surface area contributed by atoms with Crippen molar-refractivity contribution in [3.8, 4) is 0 Å². The molecule has 4 heteroatoms. The van der Waals surface area contributed by atoms with Crippen LogP contribution in [0.1, 0.15) is 37.3 Å². The molecule has 1 aromatic rings. The highest BCUT2D eigenvalue weighted by Gasteiger charge is 2.20. The van der Waals surface area contributed by atoms with Gasteiger partial charge in [0.1, 0.15) is 0 Å². The van der Waals surface area contributed by atoms with Crippen molar-refractivity contribution >= 4 is 0 Å². The van der Waals surface area contributed by atoms with Crippen LogP contribution in [0.2, 0.25) is 0 Å². The van der Waals surface area contributed by atoms with Crippen molar-refractivity contribution in [3.63, 3.8) is 0 Å². The topological polar surface area (TPSA) is 56.7 Å². The molecule has 0 radical (unpaired) electrons. The highest BCUT2D eigenvalue weighted by atomic mass is 15.4. The third-order valence-electron chi connectivity index (χ3n) is 2.76. The van der Waals surface area contributed by atoms with Gasteiger partial charge in [0.2, 0.25) is 0 Å². The van der Waals surface area contributed by atoms with E-state index in [9.17, 15) is 0 Å². The zero-order chi connectivity index (χ0) is 9.10. The van der Waals surface area contributed by atoms with Crippen LogP contribution in [0, 0.1) is 0 Å². The van der Waals surface area contributed by atoms with Crippen LogP contribution in [0.3, 0.4) is 0 Å². The molecule has 1 fully saturated rings. The number of hydrogen-bond acceptors (Lipinski definition) is 3. The molecular formula is C9H16N4. The number of rotatable bonds is 3. The molecule has 0 aliphatic heterocycles. The van der Waals surface area contributed by atoms with E-state index in [0.717, 1.165) is 6.54 Å². The number of hydrogen-bond donors (Lipinski definition) is 1. The van der Waals surface area contributed by atoms with Crippen molar-refractivity contribution in [2.45, 2.75) is 38.1 Å². The summed E-state index contributed by atoms with van der Waals surface area (Å²) in [5.74, 6) is 0.682. The summed E-state index contributed by atoms with van der Waals surface area (Å²) in [4.78, 5) is 0. The van der Waals surface area contributed by atoms with E-state index in [-0.39, 0.29) is 0 Å². The number of nitrogens with two attached hydrogens (primary N) is 1. The molecule has 0 unspecified atom stereocenters. The standard InChI is InChI=1S/C9H16N4/c10-5-6-13-9(7-11-12-13)8-3-1-2-4-8/h7-8H,1-6,10H2. The molecule has 1 saturated carbocycles. The molecule has 0 amide bonds. The van der Waals surface area contributed by atoms with Gasteiger partial charge in [-0.05, 0) is 12.8 Å². The fraction of sp³-hybridized carbons (Fsp3) is 0.778. The Morgan fingerprint density at radius 3 is 2.92 bits per heavy atom. The van der Waals surface area contributed by atoms with E-state index in [0.29, 0.717) is 12.5 Å². The predicted molar refractivity (Wildman–Crippen MR) is 50.3 cm³/mol. The van der Waals surface area contributed by atoms with E-state index in [1.165, 1.54) is 31.4 Å². The molecule has 0 aromatic carbocycles. The van der Waals surface area contributed by atoms with Crippen LogP contribution in [0.25, 0.3) is 0 Å². The minimum atomic E-state index is 0.642. The number of aromatic nitrogens is 3. The van der Waals surface area contributed by atoms with Gasteiger partial charge in [-0.25, -0.2) is 4.68 Å². The van der Waals surface area contributed by atoms with E-state index in [1.54, 1.807) is 0 Å². The monoisotopic (exact) mass is 180 g/mol. The third kappa shape index (κ3) is 1.72. The van der Waals surface area contributed by atoms with E-state index >= 15 is 0 Å². The lowest BCUT2D eigenvalue weighted by atomic mass is 10.1. The fourth-order valence-corrected chi connectivity index (χ4v) is 2.10. The molecule has 2 N–H and O–H groups in total. The van der Waals surface area contributed by atoms with E-state index < -0.39 is 0 Å². The molecule has 2 rings (SSSR count). The quantitative estimate of drug-likeness (QED) is 0.751. The van der Waals surface area contributed by atoms with Crippen LogP contribution in [0.5, 0.6) is 0 Å². The van der Waals surface area contributed by atoms with Gasteiger partial charge in [-0.3, -0.25) is 0 Å². The van der Waals surface area contributed by atoms with Gasteiger partial charge in [0, 0.05) is 12.5 Å². The fourth-order valence-electron chi connectivity index (χ4n) is 2.10. The summed E-state index contributed by atoms with van der Waals surface area (Å²) < 4.78 is 1.95. The van der Waals surface area contributed by atoms with E-state index in [1.807, 2.05) is 10.9 Å². The third-order valence-corrected chi connectivity index (χ3v) is 2.76. The summed E-state index contributed by atoms with van der Waals surface area (Å²) >= 11 is 0. The van der Waals surface area contributed by atoms with Gasteiger partial charge in [-0.15, -0.1) is 5.10 Å². The zero-order valence-electron chi connectivity index (χ0n) is 7.82. The highest BCUT2D eigenvalue weighted by Crippen LogP contribution is 2.33. The largest absolute Gasteiger partial charge is 0.329 e. The second-order valence-corrected chi connectivity index (χ2v) is 3.65. The smallest absolute Gasteiger partial charge is 0.0728 e. The van der Waals surface area contributed by atoms with Crippen LogP contribution in [0.4, 0.5) is 0 Å². The zero-order valence-corrected chi connectivity index (χ0v) is 7.82. The Kier molecular flexibility index (Phi) is 2.59. The first-order chi connectivity index (χ1) is 6.42. The maximum Gasteiger partial charge on any atom is 0.0728 e. The lowest BCUT2D eigenvalue weighted by Crippen LogP contribution is -2.14. The van der Waals surface area contributed by atoms with Gasteiger partial charge in [0.25, 0.3) is 0 Å². The maximum atomic E-state index is 5.50. The minimum Gasteiger partial charge on any atom is -0.329 e. The SMILES string of the molecule is NCCn1nncc1C1CCCC1. The Bertz CT molecular complexity index is 262. The van der Waals surface area contributed by atoms with Crippen molar-refractivity contribution in [1.29, 1.82) is 0 Å². The Hall–Kier alpha value is -0.900. The van der Waals surface area contributed by atoms with Crippen molar-refractivity contribution in [2.75, 3.05) is 6.54 Å². The molecule has 1 heterocycles. The Morgan fingerprint density at radius 1 is 1.46 bits per heavy atom. The summed E-state index contributed by atoms with van der Waals surface area (Å²) in [6.07, 6.45) is 7.17. The molecule has 0 spiro atoms. The second kappa shape index (κ2) is 3.87. The van der Waals surface area contributed by atoms with Crippen LogP contribution < -0.4 is 5.73 Å². The molecule has 0 saturated heterocycles. The number of nitrogens with zero attached hydrogens (tertiary/aromatic N) is 3. The summed E-state index contributed by atoms with van der Waals surface area (Å²) in [6.45, 7) is 1.44. The average Bonchev–Trinajstić information content (AvgIpc) is 2.71. The highest BCUT2D eigenvalue weighted by molar-refractivity contribution is 5.05. The molecule has 13 heavy (non-hydrogen) atoms. The van der Waals surface area contributed by atoms with Gasteiger partial charge >= 0.3 is 0 Å². The van der Waals surface area contributed by atoms with Crippen LogP contribution in [0.15, 0.2) is 6.20 Å². The van der Waals surface area contributed by atoms with Crippen LogP contribution >= 0.6 is 0 Å². The summed E-state index contributed by atoms with van der Waals surface area (Å²) in [6, 6.07) is 0. The van der Waals surface area contributed by atoms with E-state index in [4.69, 9.17) is 5.73 Å². The van der Waals surface area contributed by atoms with Crippen molar-refractivity contribution < 1.29 is 0 Å². The predicted octanol–water partition coefficient (Wildman–Crippen LogP) is 0.894. The van der Waals surface area contributed by atoms with Gasteiger partial charge in [0.15, 0.2) is 0 Å². The summed E-state index contributed by atoms with van der Waals surface area (Å²) in [5.41, 5.74) is 6.78. The first-order valence-electron chi connectivity index (χ1n) is 5.00. The first kappa shape index (κ1) is 8.69. The Balaban J connectivity index is 2.13. The molecule has 1 aliphatic carbocycles. The van der Waals surface area contributed by atoms with Crippen LogP contribution in [-0.2, 0) is 6.54 Å². The van der Waals surface area contributed by atoms with E-state index in [2.05, 4.69) is 10.3 Å². The molecule has 1 aliphatic rings. The lowest BCUT2D eigenvalue weighted by Gasteiger charge is -2.09. The van der Waals surface area contributed by atoms with Crippen molar-refractivity contribution in [2.24, 2.45) is 5.73 Å². The van der Waals surface area contributed by atoms with Gasteiger partial charge in [-0.1, -0.05) is 18.1 Å². The van der Waals surface area contributed by atoms with Crippen molar-refractivity contribution in [1.82, 2.24) is 15.0 Å².